The first kappa shape index (κ1) is 15.7. The molecule has 0 aromatic heterocycles. The Morgan fingerprint density at radius 1 is 1.38 bits per heavy atom. The number of Topliss-reactive ketones (excluding diaryl/α,β-unsaturated/α-hetero) is 1. The average Bonchev–Trinajstić information content (AvgIpc) is 1.33. The van der Waals surface area contributed by atoms with Gasteiger partial charge in [-0.3, -0.25) is 6.29 Å². The van der Waals surface area contributed by atoms with Crippen molar-refractivity contribution in [3.63, 3.8) is 0 Å². The molecule has 0 saturated carbocycles. The molecule has 0 aliphatic heterocycles. The molecule has 0 saturated heterocycles. The maximum Gasteiger partial charge on any atom is 0.126 e. The van der Waals surface area contributed by atoms with Crippen LogP contribution in [0.5, 0.6) is 0 Å². The number of rotatable bonds is 0. The van der Waals surface area contributed by atoms with Crippen molar-refractivity contribution in [1.29, 1.82) is 0 Å². The molecule has 0 fully saturated rings. The zero-order valence-corrected chi connectivity index (χ0v) is 7.77. The first-order chi connectivity index (χ1) is 3.15. The molecular formula is C5H9O2Zr-. The second-order valence-electron chi connectivity index (χ2n) is 1.11. The predicted octanol–water partition coefficient (Wildman–Crippen LogP) is 0.709. The van der Waals surface area contributed by atoms with E-state index in [1.165, 1.54) is 27.1 Å². The van der Waals surface area contributed by atoms with Gasteiger partial charge < -0.3 is 9.59 Å². The summed E-state index contributed by atoms with van der Waals surface area (Å²) in [5.74, 6) is 0.167. The summed E-state index contributed by atoms with van der Waals surface area (Å²) in [4.78, 5) is 18.1. The summed E-state index contributed by atoms with van der Waals surface area (Å²) in [7, 11) is 0. The quantitative estimate of drug-likeness (QED) is 0.530. The van der Waals surface area contributed by atoms with Crippen molar-refractivity contribution >= 4 is 12.1 Å². The van der Waals surface area contributed by atoms with E-state index < -0.39 is 0 Å². The molecule has 0 heterocycles. The molecule has 0 aromatic rings. The zero-order chi connectivity index (χ0) is 6.28. The van der Waals surface area contributed by atoms with Gasteiger partial charge in [0.25, 0.3) is 0 Å². The smallest absolute Gasteiger partial charge is 0.126 e. The van der Waals surface area contributed by atoms with E-state index in [0.717, 1.165) is 0 Å². The molecule has 0 amide bonds. The minimum atomic E-state index is 0. The minimum absolute atomic E-state index is 0. The molecule has 0 N–H and O–H groups in total. The molecule has 0 atom stereocenters. The third-order valence-electron chi connectivity index (χ3n) is 0. The van der Waals surface area contributed by atoms with Crippen molar-refractivity contribution in [2.24, 2.45) is 0 Å². The van der Waals surface area contributed by atoms with Gasteiger partial charge in [-0.25, -0.2) is 0 Å². The SMILES string of the molecule is CC(C)=O.C[C-]=O.[Zr]. The van der Waals surface area contributed by atoms with Gasteiger partial charge in [0.1, 0.15) is 5.78 Å². The maximum absolute atomic E-state index is 9.44. The summed E-state index contributed by atoms with van der Waals surface area (Å²) in [5.41, 5.74) is 0. The summed E-state index contributed by atoms with van der Waals surface area (Å²) in [5, 5.41) is 0. The Hall–Kier alpha value is 0.223. The Bertz CT molecular complexity index is 57.4. The van der Waals surface area contributed by atoms with Crippen LogP contribution in [-0.2, 0) is 35.8 Å². The third kappa shape index (κ3) is 3410. The number of hydrogen-bond acceptors (Lipinski definition) is 2. The van der Waals surface area contributed by atoms with Crippen LogP contribution in [0.25, 0.3) is 0 Å². The van der Waals surface area contributed by atoms with Gasteiger partial charge >= 0.3 is 0 Å². The molecule has 0 aromatic carbocycles. The Labute approximate surface area is 68.8 Å². The van der Waals surface area contributed by atoms with Gasteiger partial charge in [0.15, 0.2) is 0 Å². The minimum Gasteiger partial charge on any atom is -0.542 e. The van der Waals surface area contributed by atoms with Crippen LogP contribution in [0.1, 0.15) is 20.8 Å². The van der Waals surface area contributed by atoms with E-state index in [1.807, 2.05) is 0 Å². The topological polar surface area (TPSA) is 34.1 Å². The third-order valence-corrected chi connectivity index (χ3v) is 0. The van der Waals surface area contributed by atoms with Crippen molar-refractivity contribution in [1.82, 2.24) is 0 Å². The van der Waals surface area contributed by atoms with Crippen molar-refractivity contribution in [2.45, 2.75) is 20.8 Å². The monoisotopic (exact) mass is 191 g/mol. The van der Waals surface area contributed by atoms with Gasteiger partial charge in [0.2, 0.25) is 0 Å². The van der Waals surface area contributed by atoms with E-state index in [9.17, 15) is 4.79 Å². The van der Waals surface area contributed by atoms with Crippen LogP contribution in [0.2, 0.25) is 0 Å². The Morgan fingerprint density at radius 3 is 1.38 bits per heavy atom. The molecule has 0 spiro atoms. The molecule has 0 aliphatic rings. The molecule has 0 bridgehead atoms. The van der Waals surface area contributed by atoms with Crippen LogP contribution in [-0.4, -0.2) is 12.1 Å². The summed E-state index contributed by atoms with van der Waals surface area (Å²) < 4.78 is 0. The summed E-state index contributed by atoms with van der Waals surface area (Å²) in [6, 6.07) is 0. The van der Waals surface area contributed by atoms with Crippen LogP contribution >= 0.6 is 0 Å². The van der Waals surface area contributed by atoms with Crippen LogP contribution in [0.4, 0.5) is 0 Å². The van der Waals surface area contributed by atoms with Crippen molar-refractivity contribution in [3.8, 4) is 0 Å². The second kappa shape index (κ2) is 15.7. The normalized spacial score (nSPS) is 4.88. The molecule has 8 heavy (non-hydrogen) atoms. The summed E-state index contributed by atoms with van der Waals surface area (Å²) in [6.07, 6.45) is 1.50. The number of carbonyl (C=O) groups is 1. The van der Waals surface area contributed by atoms with Gasteiger partial charge in [0, 0.05) is 26.2 Å². The molecule has 2 nitrogen and oxygen atoms in total. The zero-order valence-electron chi connectivity index (χ0n) is 5.32. The first-order valence-corrected chi connectivity index (χ1v) is 1.91. The second-order valence-corrected chi connectivity index (χ2v) is 1.11. The number of hydrogen-bond donors (Lipinski definition) is 0. The Kier molecular flexibility index (Phi) is 30.8. The van der Waals surface area contributed by atoms with Crippen LogP contribution in [0.3, 0.4) is 0 Å². The van der Waals surface area contributed by atoms with Crippen molar-refractivity contribution < 1.29 is 35.8 Å². The Balaban J connectivity index is -0.0000000575. The van der Waals surface area contributed by atoms with Crippen molar-refractivity contribution in [3.05, 3.63) is 0 Å². The number of ketones is 1. The molecule has 0 unspecified atom stereocenters. The first-order valence-electron chi connectivity index (χ1n) is 1.91. The van der Waals surface area contributed by atoms with Gasteiger partial charge in [-0.1, -0.05) is 0 Å². The Morgan fingerprint density at radius 2 is 1.38 bits per heavy atom. The van der Waals surface area contributed by atoms with E-state index in [0.29, 0.717) is 0 Å². The van der Waals surface area contributed by atoms with Gasteiger partial charge in [-0.05, 0) is 13.8 Å². The van der Waals surface area contributed by atoms with Gasteiger partial charge in [0.05, 0.1) is 0 Å². The largest absolute Gasteiger partial charge is 0.542 e. The van der Waals surface area contributed by atoms with E-state index in [-0.39, 0.29) is 32.0 Å². The van der Waals surface area contributed by atoms with Crippen molar-refractivity contribution in [2.75, 3.05) is 0 Å². The van der Waals surface area contributed by atoms with E-state index in [2.05, 4.69) is 0 Å². The predicted molar refractivity (Wildman–Crippen MR) is 27.7 cm³/mol. The van der Waals surface area contributed by atoms with Crippen LogP contribution in [0, 0.1) is 0 Å². The fourth-order valence-electron chi connectivity index (χ4n) is 0. The van der Waals surface area contributed by atoms with Crippen LogP contribution < -0.4 is 0 Å². The molecule has 3 heteroatoms. The standard InChI is InChI=1S/C3H6O.C2H3O.Zr/c1-3(2)4;1-2-3;/h1-2H3;1H3;/q;-1;. The fraction of sp³-hybridized carbons (Fsp3) is 0.600. The van der Waals surface area contributed by atoms with Crippen LogP contribution in [0.15, 0.2) is 0 Å². The van der Waals surface area contributed by atoms with E-state index in [1.54, 1.807) is 0 Å². The van der Waals surface area contributed by atoms with Gasteiger partial charge in [-0.15, -0.1) is 0 Å². The average molecular weight is 192 g/mol. The molecule has 0 aliphatic carbocycles. The molecule has 0 rings (SSSR count). The van der Waals surface area contributed by atoms with E-state index >= 15 is 0 Å². The molecular weight excluding hydrogens is 183 g/mol. The fourth-order valence-corrected chi connectivity index (χ4v) is 0. The van der Waals surface area contributed by atoms with Gasteiger partial charge in [-0.2, -0.15) is 6.92 Å². The number of carbonyl (C=O) groups excluding carboxylic acids is 2. The maximum atomic E-state index is 9.44. The molecule has 0 radical (unpaired) electrons. The van der Waals surface area contributed by atoms with E-state index in [4.69, 9.17) is 4.79 Å². The summed E-state index contributed by atoms with van der Waals surface area (Å²) >= 11 is 0. The molecule has 46 valence electrons. The summed E-state index contributed by atoms with van der Waals surface area (Å²) in [6.45, 7) is 4.38.